The highest BCUT2D eigenvalue weighted by Gasteiger charge is 2.40. The number of carbonyl (C=O) groups excluding carboxylic acids is 2. The van der Waals surface area contributed by atoms with Gasteiger partial charge in [-0.3, -0.25) is 9.59 Å². The quantitative estimate of drug-likeness (QED) is 0.589. The minimum Gasteiger partial charge on any atom is -0.497 e. The van der Waals surface area contributed by atoms with Gasteiger partial charge in [0.1, 0.15) is 11.4 Å². The number of benzene rings is 3. The summed E-state index contributed by atoms with van der Waals surface area (Å²) in [5.74, 6) is -0.177. The molecule has 0 fully saturated rings. The zero-order valence-corrected chi connectivity index (χ0v) is 17.2. The lowest BCUT2D eigenvalue weighted by molar-refractivity contribution is -0.120. The number of halogens is 1. The fraction of sp³-hybridized carbons (Fsp3) is 0.0833. The van der Waals surface area contributed by atoms with Gasteiger partial charge in [-0.25, -0.2) is 4.90 Å². The molecule has 0 saturated carbocycles. The molecule has 2 amide bonds. The van der Waals surface area contributed by atoms with Gasteiger partial charge in [-0.1, -0.05) is 48.0 Å². The number of hydrogen-bond donors (Lipinski definition) is 1. The van der Waals surface area contributed by atoms with Crippen LogP contribution in [0.4, 0.5) is 11.4 Å². The van der Waals surface area contributed by atoms with Crippen LogP contribution in [0, 0.1) is 6.92 Å². The second kappa shape index (κ2) is 8.05. The lowest BCUT2D eigenvalue weighted by Gasteiger charge is -2.16. The predicted octanol–water partition coefficient (Wildman–Crippen LogP) is 5.05. The first kappa shape index (κ1) is 19.7. The molecule has 0 aliphatic carbocycles. The molecule has 1 N–H and O–H groups in total. The first-order valence-electron chi connectivity index (χ1n) is 9.36. The minimum atomic E-state index is -0.427. The van der Waals surface area contributed by atoms with E-state index in [-0.39, 0.29) is 5.70 Å². The van der Waals surface area contributed by atoms with Crippen molar-refractivity contribution in [1.82, 2.24) is 0 Å². The second-order valence-electron chi connectivity index (χ2n) is 6.80. The smallest absolute Gasteiger partial charge is 0.282 e. The van der Waals surface area contributed by atoms with Crippen molar-refractivity contribution in [1.29, 1.82) is 0 Å². The van der Waals surface area contributed by atoms with E-state index in [1.54, 1.807) is 43.5 Å². The summed E-state index contributed by atoms with van der Waals surface area (Å²) in [4.78, 5) is 27.9. The van der Waals surface area contributed by atoms with Gasteiger partial charge in [0.05, 0.1) is 18.4 Å². The molecule has 5 nitrogen and oxygen atoms in total. The van der Waals surface area contributed by atoms with Crippen molar-refractivity contribution in [3.05, 3.63) is 94.6 Å². The summed E-state index contributed by atoms with van der Waals surface area (Å²) < 4.78 is 5.18. The molecule has 6 heteroatoms. The highest BCUT2D eigenvalue weighted by Crippen LogP contribution is 2.35. The molecule has 1 aliphatic heterocycles. The Balaban J connectivity index is 1.81. The fourth-order valence-electron chi connectivity index (χ4n) is 3.36. The van der Waals surface area contributed by atoms with E-state index in [0.717, 1.165) is 5.56 Å². The second-order valence-corrected chi connectivity index (χ2v) is 7.20. The number of anilines is 2. The molecule has 150 valence electrons. The van der Waals surface area contributed by atoms with Crippen molar-refractivity contribution >= 4 is 40.4 Å². The number of nitrogens with zero attached hydrogens (tertiary/aromatic N) is 1. The number of hydrogen-bond acceptors (Lipinski definition) is 4. The van der Waals surface area contributed by atoms with Crippen molar-refractivity contribution in [2.75, 3.05) is 17.3 Å². The lowest BCUT2D eigenvalue weighted by Crippen LogP contribution is -2.32. The summed E-state index contributed by atoms with van der Waals surface area (Å²) in [5.41, 5.74) is 3.13. The highest BCUT2D eigenvalue weighted by atomic mass is 35.5. The summed E-state index contributed by atoms with van der Waals surface area (Å²) in [7, 11) is 1.56. The van der Waals surface area contributed by atoms with Crippen LogP contribution in [0.1, 0.15) is 11.1 Å². The maximum Gasteiger partial charge on any atom is 0.282 e. The summed E-state index contributed by atoms with van der Waals surface area (Å²) in [6.07, 6.45) is 0. The molecule has 1 heterocycles. The summed E-state index contributed by atoms with van der Waals surface area (Å²) in [5, 5.41) is 3.73. The molecule has 3 aromatic rings. The van der Waals surface area contributed by atoms with Crippen LogP contribution in [0.5, 0.6) is 5.75 Å². The first-order valence-corrected chi connectivity index (χ1v) is 9.73. The van der Waals surface area contributed by atoms with Gasteiger partial charge in [-0.15, -0.1) is 0 Å². The van der Waals surface area contributed by atoms with Gasteiger partial charge >= 0.3 is 0 Å². The Labute approximate surface area is 179 Å². The third kappa shape index (κ3) is 3.44. The molecule has 0 radical (unpaired) electrons. The van der Waals surface area contributed by atoms with E-state index in [1.165, 1.54) is 4.90 Å². The molecule has 4 rings (SSSR count). The number of methoxy groups -OCH3 is 1. The molecule has 30 heavy (non-hydrogen) atoms. The van der Waals surface area contributed by atoms with Crippen LogP contribution in [0.3, 0.4) is 0 Å². The number of amides is 2. The standard InChI is InChI=1S/C24H19ClN2O3/c1-15-19(25)9-6-10-20(15)26-22-21(16-7-4-3-5-8-16)23(28)27(24(22)29)17-11-13-18(30-2)14-12-17/h3-14,26H,1-2H3. The van der Waals surface area contributed by atoms with Gasteiger partial charge in [0.15, 0.2) is 0 Å². The molecule has 0 spiro atoms. The molecule has 1 aliphatic rings. The fourth-order valence-corrected chi connectivity index (χ4v) is 3.54. The van der Waals surface area contributed by atoms with Crippen molar-refractivity contribution in [2.45, 2.75) is 6.92 Å². The van der Waals surface area contributed by atoms with Crippen molar-refractivity contribution in [3.63, 3.8) is 0 Å². The topological polar surface area (TPSA) is 58.6 Å². The average molecular weight is 419 g/mol. The number of nitrogens with one attached hydrogen (secondary N) is 1. The van der Waals surface area contributed by atoms with Crippen molar-refractivity contribution < 1.29 is 14.3 Å². The van der Waals surface area contributed by atoms with Gasteiger partial charge in [-0.2, -0.15) is 0 Å². The highest BCUT2D eigenvalue weighted by molar-refractivity contribution is 6.46. The Morgan fingerprint density at radius 3 is 2.23 bits per heavy atom. The number of carbonyl (C=O) groups is 2. The monoisotopic (exact) mass is 418 g/mol. The van der Waals surface area contributed by atoms with E-state index in [9.17, 15) is 9.59 Å². The summed E-state index contributed by atoms with van der Waals surface area (Å²) in [6, 6.07) is 21.3. The zero-order valence-electron chi connectivity index (χ0n) is 16.5. The maximum atomic E-state index is 13.4. The van der Waals surface area contributed by atoms with Gasteiger partial charge < -0.3 is 10.1 Å². The van der Waals surface area contributed by atoms with Gasteiger partial charge in [0.2, 0.25) is 0 Å². The molecule has 0 atom stereocenters. The van der Waals surface area contributed by atoms with Crippen molar-refractivity contribution in [2.24, 2.45) is 0 Å². The largest absolute Gasteiger partial charge is 0.497 e. The van der Waals surface area contributed by atoms with E-state index in [0.29, 0.717) is 33.3 Å². The molecule has 3 aromatic carbocycles. The first-order chi connectivity index (χ1) is 14.5. The van der Waals surface area contributed by atoms with Gasteiger partial charge in [-0.05, 0) is 54.4 Å². The molecule has 0 saturated heterocycles. The normalized spacial score (nSPS) is 13.8. The Hall–Kier alpha value is -3.57. The van der Waals surface area contributed by atoms with Gasteiger partial charge in [0.25, 0.3) is 11.8 Å². The third-order valence-electron chi connectivity index (χ3n) is 5.00. The van der Waals surface area contributed by atoms with Crippen LogP contribution in [0.2, 0.25) is 5.02 Å². The average Bonchev–Trinajstić information content (AvgIpc) is 3.01. The van der Waals surface area contributed by atoms with E-state index in [1.807, 2.05) is 43.3 Å². The summed E-state index contributed by atoms with van der Waals surface area (Å²) in [6.45, 7) is 1.86. The summed E-state index contributed by atoms with van der Waals surface area (Å²) >= 11 is 6.24. The van der Waals surface area contributed by atoms with Crippen LogP contribution < -0.4 is 15.0 Å². The van der Waals surface area contributed by atoms with Crippen molar-refractivity contribution in [3.8, 4) is 5.75 Å². The SMILES string of the molecule is COc1ccc(N2C(=O)C(Nc3cccc(Cl)c3C)=C(c3ccccc3)C2=O)cc1. The Kier molecular flexibility index (Phi) is 5.29. The van der Waals surface area contributed by atoms with Crippen LogP contribution >= 0.6 is 11.6 Å². The minimum absolute atomic E-state index is 0.215. The maximum absolute atomic E-state index is 13.4. The zero-order chi connectivity index (χ0) is 21.3. The van der Waals surface area contributed by atoms with Crippen LogP contribution in [-0.2, 0) is 9.59 Å². The third-order valence-corrected chi connectivity index (χ3v) is 5.41. The van der Waals surface area contributed by atoms with E-state index >= 15 is 0 Å². The van der Waals surface area contributed by atoms with E-state index < -0.39 is 11.8 Å². The number of ether oxygens (including phenoxy) is 1. The molecule has 0 bridgehead atoms. The predicted molar refractivity (Wildman–Crippen MR) is 119 cm³/mol. The molecular weight excluding hydrogens is 400 g/mol. The van der Waals surface area contributed by atoms with Gasteiger partial charge in [0, 0.05) is 10.7 Å². The number of imide groups is 1. The Morgan fingerprint density at radius 2 is 1.57 bits per heavy atom. The molecule has 0 unspecified atom stereocenters. The lowest BCUT2D eigenvalue weighted by atomic mass is 10.0. The Bertz CT molecular complexity index is 1150. The number of rotatable bonds is 5. The van der Waals surface area contributed by atoms with E-state index in [2.05, 4.69) is 5.32 Å². The Morgan fingerprint density at radius 1 is 0.867 bits per heavy atom. The van der Waals surface area contributed by atoms with Crippen LogP contribution in [0.25, 0.3) is 5.57 Å². The molecule has 0 aromatic heterocycles. The molecular formula is C24H19ClN2O3. The van der Waals surface area contributed by atoms with Crippen LogP contribution in [-0.4, -0.2) is 18.9 Å². The van der Waals surface area contributed by atoms with Crippen LogP contribution in [0.15, 0.2) is 78.5 Å². The van der Waals surface area contributed by atoms with E-state index in [4.69, 9.17) is 16.3 Å².